The van der Waals surface area contributed by atoms with Gasteiger partial charge in [0.05, 0.1) is 12.6 Å². The molecule has 0 saturated carbocycles. The van der Waals surface area contributed by atoms with Crippen LogP contribution in [0.5, 0.6) is 0 Å². The van der Waals surface area contributed by atoms with Crippen LogP contribution in [0.2, 0.25) is 0 Å². The molecule has 0 bridgehead atoms. The van der Waals surface area contributed by atoms with E-state index in [1.54, 1.807) is 6.92 Å². The number of nitrogens with one attached hydrogen (secondary N) is 3. The third kappa shape index (κ3) is 9.74. The summed E-state index contributed by atoms with van der Waals surface area (Å²) in [5, 5.41) is 8.21. The molecular weight excluding hydrogens is 570 g/mol. The van der Waals surface area contributed by atoms with Gasteiger partial charge in [0.15, 0.2) is 5.78 Å². The lowest BCUT2D eigenvalue weighted by Gasteiger charge is -2.25. The number of benzene rings is 3. The molecule has 1 fully saturated rings. The van der Waals surface area contributed by atoms with Crippen molar-refractivity contribution < 1.29 is 28.7 Å². The van der Waals surface area contributed by atoms with Crippen molar-refractivity contribution in [1.82, 2.24) is 16.0 Å². The molecule has 3 N–H and O–H groups in total. The van der Waals surface area contributed by atoms with Gasteiger partial charge in [-0.05, 0) is 47.9 Å². The van der Waals surface area contributed by atoms with Gasteiger partial charge >= 0.3 is 6.09 Å². The molecule has 4 atom stereocenters. The van der Waals surface area contributed by atoms with E-state index in [0.29, 0.717) is 0 Å². The van der Waals surface area contributed by atoms with Crippen molar-refractivity contribution in [3.8, 4) is 0 Å². The summed E-state index contributed by atoms with van der Waals surface area (Å²) >= 11 is 0. The molecule has 0 aromatic heterocycles. The number of carbonyl (C=O) groups is 4. The molecule has 45 heavy (non-hydrogen) atoms. The molecule has 3 amide bonds. The molecule has 1 aliphatic heterocycles. The summed E-state index contributed by atoms with van der Waals surface area (Å²) in [7, 11) is 0. The first kappa shape index (κ1) is 33.4. The zero-order chi connectivity index (χ0) is 32.6. The Labute approximate surface area is 265 Å². The van der Waals surface area contributed by atoms with Gasteiger partial charge < -0.3 is 25.4 Å². The first-order chi connectivity index (χ1) is 21.3. The average molecular weight is 614 g/mol. The molecule has 0 spiro atoms. The molecular formula is C36H43N3O6. The first-order valence-electron chi connectivity index (χ1n) is 15.2. The first-order valence-corrected chi connectivity index (χ1v) is 15.2. The maximum atomic E-state index is 13.8. The molecule has 9 heteroatoms. The molecule has 0 unspecified atom stereocenters. The van der Waals surface area contributed by atoms with E-state index in [-0.39, 0.29) is 37.3 Å². The summed E-state index contributed by atoms with van der Waals surface area (Å²) < 4.78 is 10.7. The maximum absolute atomic E-state index is 13.8. The van der Waals surface area contributed by atoms with Crippen molar-refractivity contribution in [3.63, 3.8) is 0 Å². The Kier molecular flexibility index (Phi) is 10.8. The molecule has 4 rings (SSSR count). The Morgan fingerprint density at radius 2 is 1.27 bits per heavy atom. The lowest BCUT2D eigenvalue weighted by molar-refractivity contribution is -0.133. The summed E-state index contributed by atoms with van der Waals surface area (Å²) in [6.45, 7) is 9.91. The summed E-state index contributed by atoms with van der Waals surface area (Å²) in [5.74, 6) is -1.31. The van der Waals surface area contributed by atoms with Crippen LogP contribution in [0.1, 0.15) is 56.9 Å². The second kappa shape index (κ2) is 14.5. The Morgan fingerprint density at radius 1 is 0.756 bits per heavy atom. The predicted molar refractivity (Wildman–Crippen MR) is 171 cm³/mol. The number of hydrogen-bond acceptors (Lipinski definition) is 6. The normalized spacial score (nSPS) is 17.7. The van der Waals surface area contributed by atoms with Crippen LogP contribution in [0, 0.1) is 0 Å². The van der Waals surface area contributed by atoms with Gasteiger partial charge in [0.25, 0.3) is 0 Å². The van der Waals surface area contributed by atoms with Crippen LogP contribution in [-0.2, 0) is 48.7 Å². The Hall–Kier alpha value is -4.50. The highest BCUT2D eigenvalue weighted by Crippen LogP contribution is 2.29. The molecule has 0 aliphatic carbocycles. The Bertz CT molecular complexity index is 1460. The van der Waals surface area contributed by atoms with Gasteiger partial charge in [-0.15, -0.1) is 0 Å². The minimum atomic E-state index is -1.03. The van der Waals surface area contributed by atoms with Crippen LogP contribution >= 0.6 is 0 Å². The summed E-state index contributed by atoms with van der Waals surface area (Å²) in [4.78, 5) is 52.9. The van der Waals surface area contributed by atoms with Crippen LogP contribution in [0.3, 0.4) is 0 Å². The lowest BCUT2D eigenvalue weighted by Crippen LogP contribution is -2.57. The van der Waals surface area contributed by atoms with E-state index in [0.717, 1.165) is 22.3 Å². The van der Waals surface area contributed by atoms with Crippen LogP contribution in [0.4, 0.5) is 4.79 Å². The van der Waals surface area contributed by atoms with Gasteiger partial charge in [0.2, 0.25) is 11.8 Å². The largest absolute Gasteiger partial charge is 0.445 e. The number of epoxide rings is 1. The van der Waals surface area contributed by atoms with E-state index < -0.39 is 41.6 Å². The third-order valence-electron chi connectivity index (χ3n) is 7.85. The molecule has 9 nitrogen and oxygen atoms in total. The van der Waals surface area contributed by atoms with Crippen molar-refractivity contribution in [2.75, 3.05) is 6.61 Å². The number of carbonyl (C=O) groups excluding carboxylic acids is 4. The third-order valence-corrected chi connectivity index (χ3v) is 7.85. The molecule has 1 saturated heterocycles. The van der Waals surface area contributed by atoms with E-state index in [4.69, 9.17) is 9.47 Å². The second-order valence-electron chi connectivity index (χ2n) is 12.8. The van der Waals surface area contributed by atoms with Gasteiger partial charge in [0.1, 0.15) is 24.3 Å². The van der Waals surface area contributed by atoms with Gasteiger partial charge in [-0.3, -0.25) is 14.4 Å². The van der Waals surface area contributed by atoms with E-state index in [1.165, 1.54) is 6.92 Å². The monoisotopic (exact) mass is 613 g/mol. The minimum Gasteiger partial charge on any atom is -0.445 e. The van der Waals surface area contributed by atoms with Crippen LogP contribution in [-0.4, -0.2) is 54.0 Å². The number of ether oxygens (including phenoxy) is 2. The van der Waals surface area contributed by atoms with Crippen molar-refractivity contribution in [3.05, 3.63) is 107 Å². The fraction of sp³-hybridized carbons (Fsp3) is 0.389. The Balaban J connectivity index is 1.48. The highest BCUT2D eigenvalue weighted by atomic mass is 16.6. The number of amides is 3. The minimum absolute atomic E-state index is 0.0498. The van der Waals surface area contributed by atoms with Crippen molar-refractivity contribution in [2.24, 2.45) is 0 Å². The zero-order valence-corrected chi connectivity index (χ0v) is 26.6. The van der Waals surface area contributed by atoms with Gasteiger partial charge in [0, 0.05) is 6.42 Å². The molecule has 238 valence electrons. The molecule has 3 aromatic carbocycles. The van der Waals surface area contributed by atoms with Crippen LogP contribution in [0.25, 0.3) is 0 Å². The molecule has 1 aliphatic rings. The predicted octanol–water partition coefficient (Wildman–Crippen LogP) is 4.41. The quantitative estimate of drug-likeness (QED) is 0.245. The number of hydrogen-bond donors (Lipinski definition) is 3. The molecule has 0 radical (unpaired) electrons. The standard InChI is InChI=1S/C36H43N3O6/c1-24(37-34(43)44-22-27-14-10-7-11-15-27)32(41)39-30(21-26-16-18-28(19-17-26)35(2,3)4)33(42)38-29(31(40)36(5)23-45-36)20-25-12-8-6-9-13-25/h6-19,24,29-30H,20-23H2,1-5H3,(H,37,43)(H,38,42)(H,39,41)/t24-,29-,30-,36-/m0/s1. The zero-order valence-electron chi connectivity index (χ0n) is 26.6. The van der Waals surface area contributed by atoms with Gasteiger partial charge in [-0.2, -0.15) is 0 Å². The van der Waals surface area contributed by atoms with E-state index in [9.17, 15) is 19.2 Å². The Morgan fingerprint density at radius 3 is 1.82 bits per heavy atom. The van der Waals surface area contributed by atoms with E-state index in [2.05, 4.69) is 36.7 Å². The highest BCUT2D eigenvalue weighted by molar-refractivity contribution is 5.98. The number of rotatable bonds is 13. The fourth-order valence-corrected chi connectivity index (χ4v) is 4.84. The maximum Gasteiger partial charge on any atom is 0.408 e. The summed E-state index contributed by atoms with van der Waals surface area (Å²) in [6.07, 6.45) is -0.310. The lowest BCUT2D eigenvalue weighted by atomic mass is 9.86. The van der Waals surface area contributed by atoms with Crippen molar-refractivity contribution in [2.45, 2.75) is 83.2 Å². The van der Waals surface area contributed by atoms with E-state index in [1.807, 2.05) is 84.9 Å². The highest BCUT2D eigenvalue weighted by Gasteiger charge is 2.50. The van der Waals surface area contributed by atoms with Crippen LogP contribution in [0.15, 0.2) is 84.9 Å². The molecule has 1 heterocycles. The molecule has 3 aromatic rings. The number of ketones is 1. The van der Waals surface area contributed by atoms with Crippen molar-refractivity contribution >= 4 is 23.7 Å². The average Bonchev–Trinajstić information content (AvgIpc) is 3.78. The fourth-order valence-electron chi connectivity index (χ4n) is 4.84. The number of Topliss-reactive ketones (excluding diaryl/α,β-unsaturated/α-hetero) is 1. The van der Waals surface area contributed by atoms with Crippen molar-refractivity contribution in [1.29, 1.82) is 0 Å². The number of alkyl carbamates (subject to hydrolysis) is 1. The second-order valence-corrected chi connectivity index (χ2v) is 12.8. The van der Waals surface area contributed by atoms with Crippen LogP contribution < -0.4 is 16.0 Å². The van der Waals surface area contributed by atoms with E-state index >= 15 is 0 Å². The summed E-state index contributed by atoms with van der Waals surface area (Å²) in [6, 6.07) is 23.6. The summed E-state index contributed by atoms with van der Waals surface area (Å²) in [5.41, 5.74) is 2.65. The SMILES string of the molecule is C[C@H](NC(=O)OCc1ccccc1)C(=O)N[C@@H](Cc1ccc(C(C)(C)C)cc1)C(=O)N[C@@H](Cc1ccccc1)C(=O)[C@]1(C)CO1. The van der Waals surface area contributed by atoms with Gasteiger partial charge in [-0.25, -0.2) is 4.79 Å². The topological polar surface area (TPSA) is 126 Å². The van der Waals surface area contributed by atoms with Gasteiger partial charge in [-0.1, -0.05) is 106 Å². The smallest absolute Gasteiger partial charge is 0.408 e.